The highest BCUT2D eigenvalue weighted by molar-refractivity contribution is 5.85. The topological polar surface area (TPSA) is 65.2 Å². The molecule has 0 unspecified atom stereocenters. The van der Waals surface area contributed by atoms with Crippen molar-refractivity contribution in [2.75, 3.05) is 0 Å². The summed E-state index contributed by atoms with van der Waals surface area (Å²) in [6.07, 6.45) is 11.3. The molecule has 1 aliphatic rings. The Morgan fingerprint density at radius 2 is 1.00 bits per heavy atom. The average Bonchev–Trinajstić information content (AvgIpc) is 2.83. The molecular weight excluding hydrogens is 468 g/mol. The van der Waals surface area contributed by atoms with Gasteiger partial charge in [-0.15, -0.1) is 0 Å². The van der Waals surface area contributed by atoms with Gasteiger partial charge >= 0.3 is 0 Å². The van der Waals surface area contributed by atoms with Crippen LogP contribution in [0.3, 0.4) is 0 Å². The van der Waals surface area contributed by atoms with Crippen molar-refractivity contribution in [3.8, 4) is 11.5 Å². The molecule has 0 spiro atoms. The van der Waals surface area contributed by atoms with Crippen LogP contribution in [0.4, 0.5) is 0 Å². The van der Waals surface area contributed by atoms with Crippen LogP contribution in [0, 0.1) is 10.8 Å². The average molecular weight is 519 g/mol. The van der Waals surface area contributed by atoms with E-state index in [1.807, 2.05) is 12.4 Å². The lowest BCUT2D eigenvalue weighted by molar-refractivity contribution is 0.399. The van der Waals surface area contributed by atoms with Crippen molar-refractivity contribution >= 4 is 12.4 Å². The van der Waals surface area contributed by atoms with E-state index in [0.717, 1.165) is 73.6 Å². The smallest absolute Gasteiger partial charge is 0.127 e. The third-order valence-electron chi connectivity index (χ3n) is 7.30. The van der Waals surface area contributed by atoms with Crippen molar-refractivity contribution in [3.63, 3.8) is 0 Å². The molecule has 0 radical (unpaired) electrons. The molecule has 3 rings (SSSR count). The molecule has 2 aromatic carbocycles. The molecule has 0 aromatic heterocycles. The third-order valence-corrected chi connectivity index (χ3v) is 7.30. The Hall–Kier alpha value is -2.62. The number of nitrogens with zero attached hydrogens (tertiary/aromatic N) is 2. The Bertz CT molecular complexity index is 1050. The second-order valence-electron chi connectivity index (χ2n) is 13.6. The van der Waals surface area contributed by atoms with Gasteiger partial charge in [-0.3, -0.25) is 9.98 Å². The van der Waals surface area contributed by atoms with E-state index in [2.05, 4.69) is 79.7 Å². The molecule has 4 nitrogen and oxygen atoms in total. The molecule has 0 atom stereocenters. The highest BCUT2D eigenvalue weighted by Crippen LogP contribution is 2.31. The Morgan fingerprint density at radius 1 is 0.658 bits per heavy atom. The van der Waals surface area contributed by atoms with E-state index in [4.69, 9.17) is 9.98 Å². The van der Waals surface area contributed by atoms with Crippen LogP contribution in [0.25, 0.3) is 0 Å². The molecule has 0 amide bonds. The van der Waals surface area contributed by atoms with E-state index >= 15 is 0 Å². The summed E-state index contributed by atoms with van der Waals surface area (Å²) in [6.45, 7) is 17.6. The maximum absolute atomic E-state index is 10.8. The first-order chi connectivity index (χ1) is 17.8. The van der Waals surface area contributed by atoms with E-state index in [1.54, 1.807) is 0 Å². The van der Waals surface area contributed by atoms with Crippen LogP contribution in [0.15, 0.2) is 34.3 Å². The Labute approximate surface area is 231 Å². The summed E-state index contributed by atoms with van der Waals surface area (Å²) in [4.78, 5) is 9.77. The first kappa shape index (κ1) is 29.9. The molecule has 0 heterocycles. The number of phenolic OH excluding ortho intramolecular Hbond substituents is 2. The number of hydrogen-bond acceptors (Lipinski definition) is 4. The maximum atomic E-state index is 10.8. The van der Waals surface area contributed by atoms with Gasteiger partial charge < -0.3 is 10.2 Å². The van der Waals surface area contributed by atoms with E-state index in [1.165, 1.54) is 11.1 Å². The van der Waals surface area contributed by atoms with Crippen molar-refractivity contribution in [2.45, 2.75) is 119 Å². The van der Waals surface area contributed by atoms with Crippen LogP contribution in [0.2, 0.25) is 0 Å². The zero-order chi connectivity index (χ0) is 28.1. The predicted octanol–water partition coefficient (Wildman–Crippen LogP) is 8.25. The summed E-state index contributed by atoms with van der Waals surface area (Å²) in [6, 6.07) is 9.00. The lowest BCUT2D eigenvalue weighted by Gasteiger charge is -2.24. The number of aromatic hydroxyl groups is 2. The van der Waals surface area contributed by atoms with Gasteiger partial charge in [0, 0.05) is 23.6 Å². The lowest BCUT2D eigenvalue weighted by atomic mass is 9.86. The molecule has 0 aliphatic heterocycles. The number of rotatable bonds is 8. The molecular formula is C34H50N2O2. The Morgan fingerprint density at radius 3 is 1.29 bits per heavy atom. The van der Waals surface area contributed by atoms with Crippen LogP contribution in [0.1, 0.15) is 114 Å². The van der Waals surface area contributed by atoms with Gasteiger partial charge in [0.2, 0.25) is 0 Å². The monoisotopic (exact) mass is 518 g/mol. The van der Waals surface area contributed by atoms with Gasteiger partial charge in [0.05, 0.1) is 12.1 Å². The highest BCUT2D eigenvalue weighted by atomic mass is 16.3. The number of phenols is 2. The number of aryl methyl sites for hydroxylation is 2. The molecule has 1 saturated carbocycles. The van der Waals surface area contributed by atoms with Gasteiger partial charge in [-0.1, -0.05) is 67.5 Å². The molecule has 4 heteroatoms. The first-order valence-electron chi connectivity index (χ1n) is 14.5. The van der Waals surface area contributed by atoms with Crippen LogP contribution in [-0.2, 0) is 25.7 Å². The summed E-state index contributed by atoms with van der Waals surface area (Å²) < 4.78 is 0. The van der Waals surface area contributed by atoms with Crippen molar-refractivity contribution in [3.05, 3.63) is 57.6 Å². The van der Waals surface area contributed by atoms with Gasteiger partial charge in [0.25, 0.3) is 0 Å². The van der Waals surface area contributed by atoms with Crippen LogP contribution in [0.5, 0.6) is 11.5 Å². The normalized spacial score (nSPS) is 19.1. The molecule has 2 aromatic rings. The standard InChI is InChI=1S/C34H50N2O2/c1-9-25-15-23(19-33(3,4)5)17-27(31(25)37)21-35-29-11-13-30(14-12-29)36-22-28-18-24(20-34(6,7)8)16-26(10-2)32(28)38/h15-18,21-22,29-30,37-38H,9-14,19-20H2,1-8H3. The van der Waals surface area contributed by atoms with Gasteiger partial charge in [-0.25, -0.2) is 0 Å². The molecule has 0 bridgehead atoms. The summed E-state index contributed by atoms with van der Waals surface area (Å²) in [7, 11) is 0. The third kappa shape index (κ3) is 8.71. The molecule has 1 aliphatic carbocycles. The van der Waals surface area contributed by atoms with Crippen molar-refractivity contribution in [1.82, 2.24) is 0 Å². The van der Waals surface area contributed by atoms with Gasteiger partial charge in [-0.05, 0) is 96.6 Å². The zero-order valence-corrected chi connectivity index (χ0v) is 25.1. The molecule has 0 saturated heterocycles. The van der Waals surface area contributed by atoms with Gasteiger partial charge in [0.15, 0.2) is 0 Å². The van der Waals surface area contributed by atoms with Crippen LogP contribution >= 0.6 is 0 Å². The van der Waals surface area contributed by atoms with Crippen molar-refractivity contribution in [1.29, 1.82) is 0 Å². The van der Waals surface area contributed by atoms with E-state index in [-0.39, 0.29) is 22.9 Å². The number of aliphatic imine (C=N–C) groups is 2. The van der Waals surface area contributed by atoms with Crippen molar-refractivity contribution < 1.29 is 10.2 Å². The summed E-state index contributed by atoms with van der Waals surface area (Å²) >= 11 is 0. The predicted molar refractivity (Wildman–Crippen MR) is 163 cm³/mol. The lowest BCUT2D eigenvalue weighted by Crippen LogP contribution is -2.20. The Balaban J connectivity index is 1.67. The molecule has 2 N–H and O–H groups in total. The van der Waals surface area contributed by atoms with Gasteiger partial charge in [0.1, 0.15) is 11.5 Å². The molecule has 38 heavy (non-hydrogen) atoms. The maximum Gasteiger partial charge on any atom is 0.127 e. The number of benzene rings is 2. The van der Waals surface area contributed by atoms with E-state index in [9.17, 15) is 10.2 Å². The quantitative estimate of drug-likeness (QED) is 0.346. The fraction of sp³-hybridized carbons (Fsp3) is 0.588. The van der Waals surface area contributed by atoms with E-state index in [0.29, 0.717) is 11.5 Å². The zero-order valence-electron chi connectivity index (χ0n) is 25.1. The fourth-order valence-corrected chi connectivity index (χ4v) is 5.47. The largest absolute Gasteiger partial charge is 0.507 e. The molecule has 1 fully saturated rings. The second kappa shape index (κ2) is 12.5. The highest BCUT2D eigenvalue weighted by Gasteiger charge is 2.21. The summed E-state index contributed by atoms with van der Waals surface area (Å²) in [5.74, 6) is 0.735. The van der Waals surface area contributed by atoms with Crippen molar-refractivity contribution in [2.24, 2.45) is 20.8 Å². The second-order valence-corrected chi connectivity index (χ2v) is 13.6. The Kier molecular flexibility index (Phi) is 9.84. The minimum Gasteiger partial charge on any atom is -0.507 e. The fourth-order valence-electron chi connectivity index (χ4n) is 5.47. The summed E-state index contributed by atoms with van der Waals surface area (Å²) in [5.41, 5.74) is 6.55. The number of hydrogen-bond donors (Lipinski definition) is 2. The minimum atomic E-state index is 0.193. The SMILES string of the molecule is CCc1cc(CC(C)(C)C)cc(C=NC2CCC(N=Cc3cc(CC(C)(C)C)cc(CC)c3O)CC2)c1O. The first-order valence-corrected chi connectivity index (χ1v) is 14.5. The summed E-state index contributed by atoms with van der Waals surface area (Å²) in [5, 5.41) is 21.5. The molecule has 208 valence electrons. The van der Waals surface area contributed by atoms with Crippen LogP contribution < -0.4 is 0 Å². The van der Waals surface area contributed by atoms with Crippen LogP contribution in [-0.4, -0.2) is 34.7 Å². The van der Waals surface area contributed by atoms with E-state index < -0.39 is 0 Å². The van der Waals surface area contributed by atoms with Gasteiger partial charge in [-0.2, -0.15) is 0 Å². The minimum absolute atomic E-state index is 0.193.